The van der Waals surface area contributed by atoms with Crippen molar-refractivity contribution in [2.45, 2.75) is 39.5 Å². The van der Waals surface area contributed by atoms with E-state index < -0.39 is 0 Å². The summed E-state index contributed by atoms with van der Waals surface area (Å²) in [6, 6.07) is 19.4. The third-order valence-corrected chi connectivity index (χ3v) is 6.25. The van der Waals surface area contributed by atoms with Crippen LogP contribution in [0.2, 0.25) is 0 Å². The average molecular weight is 483 g/mol. The first-order chi connectivity index (χ1) is 17.5. The molecule has 2 atom stereocenters. The van der Waals surface area contributed by atoms with Gasteiger partial charge in [0.2, 0.25) is 5.89 Å². The number of carbonyl (C=O) groups is 1. The summed E-state index contributed by atoms with van der Waals surface area (Å²) in [4.78, 5) is 24.4. The molecule has 1 saturated heterocycles. The number of pyridine rings is 1. The molecule has 2 aromatic carbocycles. The van der Waals surface area contributed by atoms with Crippen LogP contribution >= 0.6 is 0 Å². The number of aromatic nitrogens is 2. The maximum atomic E-state index is 13.1. The van der Waals surface area contributed by atoms with Crippen molar-refractivity contribution >= 4 is 11.7 Å². The van der Waals surface area contributed by atoms with Crippen LogP contribution in [0.3, 0.4) is 0 Å². The van der Waals surface area contributed by atoms with Gasteiger partial charge in [0.1, 0.15) is 5.82 Å². The molecular formula is C29H30N4O3. The Morgan fingerprint density at radius 3 is 2.44 bits per heavy atom. The van der Waals surface area contributed by atoms with Crippen LogP contribution in [0.15, 0.2) is 77.5 Å². The molecule has 1 aliphatic rings. The Hall–Kier alpha value is -3.97. The zero-order valence-electron chi connectivity index (χ0n) is 20.8. The highest BCUT2D eigenvalue weighted by Gasteiger charge is 2.23. The minimum atomic E-state index is -0.194. The van der Waals surface area contributed by atoms with Gasteiger partial charge in [-0.15, -0.1) is 0 Å². The van der Waals surface area contributed by atoms with E-state index in [9.17, 15) is 4.79 Å². The fourth-order valence-corrected chi connectivity index (χ4v) is 4.47. The molecule has 4 aromatic rings. The fraction of sp³-hybridized carbons (Fsp3) is 0.276. The molecule has 7 heteroatoms. The number of rotatable bonds is 6. The molecule has 7 nitrogen and oxygen atoms in total. The van der Waals surface area contributed by atoms with Gasteiger partial charge in [-0.1, -0.05) is 48.0 Å². The van der Waals surface area contributed by atoms with Crippen LogP contribution < -0.4 is 10.2 Å². The SMILES string of the molecule is Cc1ccc(-c2cnc(-c3ccccc3C(=O)NCc3ccc(N4CC(C)OC(C)C4)nc3)o2)cc1. The summed E-state index contributed by atoms with van der Waals surface area (Å²) >= 11 is 0. The van der Waals surface area contributed by atoms with Gasteiger partial charge in [-0.25, -0.2) is 9.97 Å². The molecule has 1 aliphatic heterocycles. The second-order valence-electron chi connectivity index (χ2n) is 9.31. The van der Waals surface area contributed by atoms with Gasteiger partial charge in [-0.05, 0) is 44.5 Å². The standard InChI is InChI=1S/C29H30N4O3/c1-19-8-11-23(12-9-19)26-16-32-29(36-26)25-7-5-4-6-24(25)28(34)31-15-22-10-13-27(30-14-22)33-17-20(2)35-21(3)18-33/h4-14,16,20-21H,15,17-18H2,1-3H3,(H,31,34). The van der Waals surface area contributed by atoms with Crippen LogP contribution in [0.1, 0.15) is 35.3 Å². The predicted octanol–water partition coefficient (Wildman–Crippen LogP) is 5.26. The number of morpholine rings is 1. The molecule has 0 aliphatic carbocycles. The quantitative estimate of drug-likeness (QED) is 0.404. The number of amides is 1. The van der Waals surface area contributed by atoms with Gasteiger partial charge in [-0.3, -0.25) is 4.79 Å². The molecule has 5 rings (SSSR count). The Bertz CT molecular complexity index is 1320. The number of hydrogen-bond donors (Lipinski definition) is 1. The van der Waals surface area contributed by atoms with Gasteiger partial charge in [-0.2, -0.15) is 0 Å². The van der Waals surface area contributed by atoms with E-state index in [4.69, 9.17) is 9.15 Å². The summed E-state index contributed by atoms with van der Waals surface area (Å²) in [5.41, 5.74) is 4.21. The molecule has 2 unspecified atom stereocenters. The minimum absolute atomic E-state index is 0.172. The number of aryl methyl sites for hydroxylation is 1. The molecule has 0 radical (unpaired) electrons. The van der Waals surface area contributed by atoms with E-state index in [0.29, 0.717) is 29.3 Å². The van der Waals surface area contributed by atoms with Gasteiger partial charge in [0.25, 0.3) is 5.91 Å². The minimum Gasteiger partial charge on any atom is -0.436 e. The summed E-state index contributed by atoms with van der Waals surface area (Å²) in [5, 5.41) is 3.00. The van der Waals surface area contributed by atoms with Crippen LogP contribution in [-0.2, 0) is 11.3 Å². The van der Waals surface area contributed by atoms with Crippen LogP contribution in [0.4, 0.5) is 5.82 Å². The number of ether oxygens (including phenoxy) is 1. The van der Waals surface area contributed by atoms with E-state index in [1.165, 1.54) is 5.56 Å². The number of hydrogen-bond acceptors (Lipinski definition) is 6. The maximum absolute atomic E-state index is 13.1. The predicted molar refractivity (Wildman–Crippen MR) is 140 cm³/mol. The monoisotopic (exact) mass is 482 g/mol. The first-order valence-electron chi connectivity index (χ1n) is 12.2. The lowest BCUT2D eigenvalue weighted by atomic mass is 10.1. The lowest BCUT2D eigenvalue weighted by molar-refractivity contribution is -0.00546. The van der Waals surface area contributed by atoms with Gasteiger partial charge in [0, 0.05) is 37.0 Å². The highest BCUT2D eigenvalue weighted by atomic mass is 16.5. The van der Waals surface area contributed by atoms with Gasteiger partial charge in [0.05, 0.1) is 24.0 Å². The van der Waals surface area contributed by atoms with Crippen molar-refractivity contribution in [1.82, 2.24) is 15.3 Å². The van der Waals surface area contributed by atoms with E-state index in [1.807, 2.05) is 67.7 Å². The first kappa shape index (κ1) is 23.8. The number of carbonyl (C=O) groups excluding carboxylic acids is 1. The normalized spacial score (nSPS) is 17.7. The molecule has 1 fully saturated rings. The Labute approximate surface area is 211 Å². The van der Waals surface area contributed by atoms with E-state index in [2.05, 4.69) is 34.0 Å². The van der Waals surface area contributed by atoms with Crippen LogP contribution in [-0.4, -0.2) is 41.2 Å². The lowest BCUT2D eigenvalue weighted by Crippen LogP contribution is -2.45. The molecule has 3 heterocycles. The second kappa shape index (κ2) is 10.3. The van der Waals surface area contributed by atoms with Gasteiger partial charge in [0.15, 0.2) is 5.76 Å². The average Bonchev–Trinajstić information content (AvgIpc) is 3.38. The first-order valence-corrected chi connectivity index (χ1v) is 12.2. The number of anilines is 1. The van der Waals surface area contributed by atoms with E-state index in [1.54, 1.807) is 12.3 Å². The lowest BCUT2D eigenvalue weighted by Gasteiger charge is -2.36. The summed E-state index contributed by atoms with van der Waals surface area (Å²) in [6.07, 6.45) is 3.85. The van der Waals surface area contributed by atoms with Crippen molar-refractivity contribution in [3.05, 3.63) is 89.7 Å². The van der Waals surface area contributed by atoms with Crippen molar-refractivity contribution in [3.63, 3.8) is 0 Å². The fourth-order valence-electron chi connectivity index (χ4n) is 4.47. The molecule has 184 valence electrons. The van der Waals surface area contributed by atoms with E-state index in [0.717, 1.165) is 30.0 Å². The highest BCUT2D eigenvalue weighted by Crippen LogP contribution is 2.28. The largest absolute Gasteiger partial charge is 0.436 e. The highest BCUT2D eigenvalue weighted by molar-refractivity contribution is 6.00. The van der Waals surface area contributed by atoms with Crippen LogP contribution in [0.5, 0.6) is 0 Å². The number of oxazole rings is 1. The van der Waals surface area contributed by atoms with Gasteiger partial charge >= 0.3 is 0 Å². The third kappa shape index (κ3) is 5.31. The smallest absolute Gasteiger partial charge is 0.252 e. The summed E-state index contributed by atoms with van der Waals surface area (Å²) < 4.78 is 11.8. The molecule has 2 aromatic heterocycles. The molecule has 1 N–H and O–H groups in total. The Balaban J connectivity index is 1.26. The zero-order chi connectivity index (χ0) is 25.1. The molecule has 0 saturated carbocycles. The van der Waals surface area contributed by atoms with Crippen molar-refractivity contribution in [2.75, 3.05) is 18.0 Å². The van der Waals surface area contributed by atoms with Crippen molar-refractivity contribution < 1.29 is 13.9 Å². The van der Waals surface area contributed by atoms with Crippen molar-refractivity contribution in [2.24, 2.45) is 0 Å². The molecule has 0 bridgehead atoms. The molecule has 0 spiro atoms. The third-order valence-electron chi connectivity index (χ3n) is 6.25. The van der Waals surface area contributed by atoms with Crippen molar-refractivity contribution in [1.29, 1.82) is 0 Å². The Morgan fingerprint density at radius 2 is 1.72 bits per heavy atom. The molecule has 1 amide bonds. The zero-order valence-corrected chi connectivity index (χ0v) is 20.8. The Morgan fingerprint density at radius 1 is 0.972 bits per heavy atom. The maximum Gasteiger partial charge on any atom is 0.252 e. The van der Waals surface area contributed by atoms with Gasteiger partial charge < -0.3 is 19.4 Å². The summed E-state index contributed by atoms with van der Waals surface area (Å²) in [7, 11) is 0. The van der Waals surface area contributed by atoms with E-state index >= 15 is 0 Å². The number of nitrogens with one attached hydrogen (secondary N) is 1. The summed E-state index contributed by atoms with van der Waals surface area (Å²) in [5.74, 6) is 1.80. The van der Waals surface area contributed by atoms with E-state index in [-0.39, 0.29) is 18.1 Å². The number of nitrogens with zero attached hydrogens (tertiary/aromatic N) is 3. The second-order valence-corrected chi connectivity index (χ2v) is 9.31. The Kier molecular flexibility index (Phi) is 6.82. The molecular weight excluding hydrogens is 452 g/mol. The van der Waals surface area contributed by atoms with Crippen LogP contribution in [0.25, 0.3) is 22.8 Å². The topological polar surface area (TPSA) is 80.5 Å². The van der Waals surface area contributed by atoms with Crippen molar-refractivity contribution in [3.8, 4) is 22.8 Å². The summed E-state index contributed by atoms with van der Waals surface area (Å²) in [6.45, 7) is 8.20. The molecule has 36 heavy (non-hydrogen) atoms. The van der Waals surface area contributed by atoms with Crippen LogP contribution in [0, 0.1) is 6.92 Å². The number of benzene rings is 2.